The monoisotopic (exact) mass is 306 g/mol. The first-order chi connectivity index (χ1) is 10.4. The summed E-state index contributed by atoms with van der Waals surface area (Å²) in [7, 11) is 0. The molecule has 2 heterocycles. The lowest BCUT2D eigenvalue weighted by Crippen LogP contribution is -2.19. The van der Waals surface area contributed by atoms with Gasteiger partial charge in [0.25, 0.3) is 5.82 Å². The molecule has 4 nitrogen and oxygen atoms in total. The third kappa shape index (κ3) is 4.02. The maximum Gasteiger partial charge on any atom is 0.417 e. The zero-order valence-electron chi connectivity index (χ0n) is 11.7. The first-order valence-electron chi connectivity index (χ1n) is 6.50. The van der Waals surface area contributed by atoms with Gasteiger partial charge in [-0.2, -0.15) is 13.2 Å². The summed E-state index contributed by atoms with van der Waals surface area (Å²) in [4.78, 5) is 11.2. The van der Waals surface area contributed by atoms with Gasteiger partial charge in [-0.05, 0) is 31.2 Å². The van der Waals surface area contributed by atoms with Crippen LogP contribution in [-0.4, -0.2) is 9.97 Å². The van der Waals surface area contributed by atoms with Gasteiger partial charge in [-0.1, -0.05) is 12.6 Å². The van der Waals surface area contributed by atoms with E-state index in [-0.39, 0.29) is 6.04 Å². The Morgan fingerprint density at radius 2 is 2.05 bits per heavy atom. The molecule has 0 aliphatic rings. The Morgan fingerprint density at radius 3 is 2.64 bits per heavy atom. The number of nitrogens with one attached hydrogen (secondary N) is 1. The molecule has 0 spiro atoms. The minimum absolute atomic E-state index is 0.147. The highest BCUT2D eigenvalue weighted by atomic mass is 19.4. The van der Waals surface area contributed by atoms with E-state index in [9.17, 15) is 13.2 Å². The van der Waals surface area contributed by atoms with Gasteiger partial charge in [-0.25, -0.2) is 0 Å². The minimum Gasteiger partial charge on any atom is -0.361 e. The maximum atomic E-state index is 12.4. The van der Waals surface area contributed by atoms with Crippen molar-refractivity contribution in [2.45, 2.75) is 25.7 Å². The predicted molar refractivity (Wildman–Crippen MR) is 75.0 cm³/mol. The number of aromatic nitrogens is 2. The summed E-state index contributed by atoms with van der Waals surface area (Å²) < 4.78 is 37.3. The molecule has 0 amide bonds. The average Bonchev–Trinajstić information content (AvgIpc) is 2.52. The number of pyridine rings is 2. The second-order valence-electron chi connectivity index (χ2n) is 4.67. The van der Waals surface area contributed by atoms with Crippen LogP contribution in [0.1, 0.15) is 29.9 Å². The summed E-state index contributed by atoms with van der Waals surface area (Å²) >= 11 is 0. The fourth-order valence-electron chi connectivity index (χ4n) is 1.80. The molecule has 22 heavy (non-hydrogen) atoms. The third-order valence-corrected chi connectivity index (χ3v) is 3.06. The minimum atomic E-state index is -4.38. The van der Waals surface area contributed by atoms with E-state index in [1.807, 2.05) is 6.92 Å². The molecule has 0 saturated heterocycles. The smallest absolute Gasteiger partial charge is 0.361 e. The van der Waals surface area contributed by atoms with Crippen LogP contribution in [0.4, 0.5) is 19.0 Å². The fraction of sp³-hybridized carbons (Fsp3) is 0.267. The van der Waals surface area contributed by atoms with Crippen LogP contribution < -0.4 is 5.32 Å². The molecule has 0 aromatic carbocycles. The molecule has 7 heteroatoms. The van der Waals surface area contributed by atoms with Crippen molar-refractivity contribution in [2.24, 2.45) is 0 Å². The largest absolute Gasteiger partial charge is 0.417 e. The molecular formula is C15H13F3N4. The van der Waals surface area contributed by atoms with Crippen molar-refractivity contribution in [2.75, 3.05) is 0 Å². The predicted octanol–water partition coefficient (Wildman–Crippen LogP) is 3.90. The Balaban J connectivity index is 1.99. The second-order valence-corrected chi connectivity index (χ2v) is 4.67. The first-order valence-corrected chi connectivity index (χ1v) is 6.50. The molecule has 0 fully saturated rings. The van der Waals surface area contributed by atoms with Crippen molar-refractivity contribution < 1.29 is 13.2 Å². The van der Waals surface area contributed by atoms with E-state index in [1.54, 1.807) is 18.2 Å². The lowest BCUT2D eigenvalue weighted by atomic mass is 10.2. The van der Waals surface area contributed by atoms with Gasteiger partial charge >= 0.3 is 6.18 Å². The van der Waals surface area contributed by atoms with Crippen LogP contribution in [0.15, 0.2) is 36.5 Å². The van der Waals surface area contributed by atoms with Crippen molar-refractivity contribution >= 4 is 5.82 Å². The summed E-state index contributed by atoms with van der Waals surface area (Å²) in [5.74, 6) is 0.304. The van der Waals surface area contributed by atoms with E-state index in [4.69, 9.17) is 6.57 Å². The van der Waals surface area contributed by atoms with Crippen LogP contribution in [-0.2, 0) is 12.7 Å². The van der Waals surface area contributed by atoms with Gasteiger partial charge in [-0.15, -0.1) is 4.98 Å². The summed E-state index contributed by atoms with van der Waals surface area (Å²) in [6.45, 7) is 9.10. The fourth-order valence-corrected chi connectivity index (χ4v) is 1.80. The molecule has 0 bridgehead atoms. The SMILES string of the molecule is [C-]#[N+]c1cccc(C(C)NCc2ccc(C(F)(F)F)cn2)n1. The molecule has 114 valence electrons. The van der Waals surface area contributed by atoms with Gasteiger partial charge in [0.15, 0.2) is 0 Å². The first kappa shape index (κ1) is 15.9. The highest BCUT2D eigenvalue weighted by Crippen LogP contribution is 2.28. The molecule has 0 saturated carbocycles. The van der Waals surface area contributed by atoms with Gasteiger partial charge in [0.2, 0.25) is 0 Å². The van der Waals surface area contributed by atoms with Gasteiger partial charge < -0.3 is 10.2 Å². The van der Waals surface area contributed by atoms with E-state index < -0.39 is 11.7 Å². The van der Waals surface area contributed by atoms with Gasteiger partial charge in [0.05, 0.1) is 17.3 Å². The van der Waals surface area contributed by atoms with E-state index >= 15 is 0 Å². The number of rotatable bonds is 4. The number of halogens is 3. The van der Waals surface area contributed by atoms with Crippen LogP contribution in [0, 0.1) is 6.57 Å². The van der Waals surface area contributed by atoms with Crippen molar-refractivity contribution in [3.63, 3.8) is 0 Å². The van der Waals surface area contributed by atoms with E-state index in [0.29, 0.717) is 23.8 Å². The standard InChI is InChI=1S/C15H13F3N4/c1-10(13-4-3-5-14(19-2)22-13)20-9-12-7-6-11(8-21-12)15(16,17)18/h3-8,10,20H,9H2,1H3. The van der Waals surface area contributed by atoms with E-state index in [0.717, 1.165) is 12.3 Å². The molecule has 0 radical (unpaired) electrons. The lowest BCUT2D eigenvalue weighted by molar-refractivity contribution is -0.137. The van der Waals surface area contributed by atoms with Crippen molar-refractivity contribution in [1.82, 2.24) is 15.3 Å². The van der Waals surface area contributed by atoms with Gasteiger partial charge in [-0.3, -0.25) is 4.98 Å². The summed E-state index contributed by atoms with van der Waals surface area (Å²) in [6, 6.07) is 7.33. The van der Waals surface area contributed by atoms with E-state index in [2.05, 4.69) is 20.1 Å². The summed E-state index contributed by atoms with van der Waals surface area (Å²) in [5.41, 5.74) is 0.428. The Kier molecular flexibility index (Phi) is 4.73. The van der Waals surface area contributed by atoms with Crippen molar-refractivity contribution in [3.05, 3.63) is 64.9 Å². The molecule has 2 aromatic heterocycles. The summed E-state index contributed by atoms with van der Waals surface area (Å²) in [5, 5.41) is 3.12. The highest BCUT2D eigenvalue weighted by Gasteiger charge is 2.30. The Bertz CT molecular complexity index is 674. The Labute approximate surface area is 125 Å². The van der Waals surface area contributed by atoms with Crippen LogP contribution >= 0.6 is 0 Å². The van der Waals surface area contributed by atoms with Crippen LogP contribution in [0.3, 0.4) is 0 Å². The van der Waals surface area contributed by atoms with Gasteiger partial charge in [0.1, 0.15) is 5.69 Å². The number of hydrogen-bond donors (Lipinski definition) is 1. The Hall–Kier alpha value is -2.46. The summed E-state index contributed by atoms with van der Waals surface area (Å²) in [6.07, 6.45) is -3.56. The van der Waals surface area contributed by atoms with Crippen LogP contribution in [0.5, 0.6) is 0 Å². The van der Waals surface area contributed by atoms with E-state index in [1.165, 1.54) is 6.07 Å². The zero-order valence-corrected chi connectivity index (χ0v) is 11.7. The molecule has 2 rings (SSSR count). The lowest BCUT2D eigenvalue weighted by Gasteiger charge is -2.11. The van der Waals surface area contributed by atoms with Crippen LogP contribution in [0.2, 0.25) is 0 Å². The van der Waals surface area contributed by atoms with Crippen molar-refractivity contribution in [1.29, 1.82) is 0 Å². The number of alkyl halides is 3. The highest BCUT2D eigenvalue weighted by molar-refractivity contribution is 5.36. The zero-order chi connectivity index (χ0) is 16.2. The molecule has 0 aliphatic heterocycles. The van der Waals surface area contributed by atoms with Crippen molar-refractivity contribution in [3.8, 4) is 0 Å². The second kappa shape index (κ2) is 6.54. The topological polar surface area (TPSA) is 42.2 Å². The molecule has 2 aromatic rings. The number of hydrogen-bond acceptors (Lipinski definition) is 3. The molecular weight excluding hydrogens is 293 g/mol. The third-order valence-electron chi connectivity index (χ3n) is 3.06. The quantitative estimate of drug-likeness (QED) is 0.871. The van der Waals surface area contributed by atoms with Gasteiger partial charge in [0, 0.05) is 12.7 Å². The molecule has 1 atom stereocenters. The normalized spacial score (nSPS) is 12.7. The molecule has 1 N–H and O–H groups in total. The maximum absolute atomic E-state index is 12.4. The van der Waals surface area contributed by atoms with Crippen LogP contribution in [0.25, 0.3) is 4.85 Å². The molecule has 0 aliphatic carbocycles. The number of nitrogens with zero attached hydrogens (tertiary/aromatic N) is 3. The Morgan fingerprint density at radius 1 is 1.27 bits per heavy atom. The average molecular weight is 306 g/mol. The molecule has 1 unspecified atom stereocenters.